The number of rotatable bonds is 11. The molecule has 1 aliphatic carbocycles. The van der Waals surface area contributed by atoms with Gasteiger partial charge in [0.2, 0.25) is 5.91 Å². The molecular formula is C26H32N2O5. The van der Waals surface area contributed by atoms with Gasteiger partial charge >= 0.3 is 12.1 Å². The van der Waals surface area contributed by atoms with Gasteiger partial charge in [-0.05, 0) is 48.4 Å². The number of hydrogen-bond donors (Lipinski definition) is 3. The summed E-state index contributed by atoms with van der Waals surface area (Å²) in [6, 6.07) is 15.4. The first-order valence-corrected chi connectivity index (χ1v) is 11.5. The van der Waals surface area contributed by atoms with Crippen molar-refractivity contribution in [2.24, 2.45) is 0 Å². The fourth-order valence-corrected chi connectivity index (χ4v) is 4.31. The molecule has 1 unspecified atom stereocenters. The average Bonchev–Trinajstić information content (AvgIpc) is 3.11. The Hall–Kier alpha value is -3.35. The van der Waals surface area contributed by atoms with Crippen LogP contribution in [0.4, 0.5) is 4.79 Å². The minimum Gasteiger partial charge on any atom is -0.481 e. The summed E-state index contributed by atoms with van der Waals surface area (Å²) >= 11 is 0. The monoisotopic (exact) mass is 452 g/mol. The molecule has 7 nitrogen and oxygen atoms in total. The van der Waals surface area contributed by atoms with E-state index in [0.717, 1.165) is 28.7 Å². The van der Waals surface area contributed by atoms with Gasteiger partial charge in [0.05, 0.1) is 0 Å². The fourth-order valence-electron chi connectivity index (χ4n) is 4.31. The van der Waals surface area contributed by atoms with Gasteiger partial charge in [0.15, 0.2) is 0 Å². The van der Waals surface area contributed by atoms with E-state index in [0.29, 0.717) is 19.3 Å². The lowest BCUT2D eigenvalue weighted by atomic mass is 9.98. The highest BCUT2D eigenvalue weighted by Gasteiger charge is 2.29. The number of ether oxygens (including phenoxy) is 1. The number of carbonyl (C=O) groups excluding carboxylic acids is 2. The summed E-state index contributed by atoms with van der Waals surface area (Å²) in [5.74, 6) is -1.18. The SMILES string of the molecule is CCC[C@H](NC(=O)OCC1c2ccccc2-c2ccccc21)C(=O)NC(C)CCCC(=O)O. The molecule has 0 saturated heterocycles. The highest BCUT2D eigenvalue weighted by Crippen LogP contribution is 2.44. The largest absolute Gasteiger partial charge is 0.481 e. The van der Waals surface area contributed by atoms with Crippen molar-refractivity contribution in [3.63, 3.8) is 0 Å². The Balaban J connectivity index is 1.56. The zero-order chi connectivity index (χ0) is 23.8. The summed E-state index contributed by atoms with van der Waals surface area (Å²) < 4.78 is 5.57. The number of benzene rings is 2. The van der Waals surface area contributed by atoms with Gasteiger partial charge in [0.25, 0.3) is 0 Å². The molecule has 33 heavy (non-hydrogen) atoms. The Kier molecular flexibility index (Phi) is 8.46. The number of amides is 2. The lowest BCUT2D eigenvalue weighted by Gasteiger charge is -2.21. The van der Waals surface area contributed by atoms with Gasteiger partial charge in [-0.2, -0.15) is 0 Å². The zero-order valence-corrected chi connectivity index (χ0v) is 19.2. The highest BCUT2D eigenvalue weighted by molar-refractivity contribution is 5.86. The van der Waals surface area contributed by atoms with Crippen molar-refractivity contribution < 1.29 is 24.2 Å². The summed E-state index contributed by atoms with van der Waals surface area (Å²) in [6.07, 6.45) is 1.68. The number of aliphatic carboxylic acids is 1. The highest BCUT2D eigenvalue weighted by atomic mass is 16.5. The van der Waals surface area contributed by atoms with Gasteiger partial charge < -0.3 is 20.5 Å². The van der Waals surface area contributed by atoms with E-state index in [1.54, 1.807) is 0 Å². The number of carboxylic acid groups (broad SMARTS) is 1. The Bertz CT molecular complexity index is 945. The van der Waals surface area contributed by atoms with Crippen molar-refractivity contribution in [1.82, 2.24) is 10.6 Å². The second-order valence-electron chi connectivity index (χ2n) is 8.51. The van der Waals surface area contributed by atoms with Gasteiger partial charge in [-0.1, -0.05) is 61.9 Å². The quantitative estimate of drug-likeness (QED) is 0.467. The summed E-state index contributed by atoms with van der Waals surface area (Å²) in [5, 5.41) is 14.3. The first-order chi connectivity index (χ1) is 15.9. The maximum Gasteiger partial charge on any atom is 0.407 e. The first-order valence-electron chi connectivity index (χ1n) is 11.5. The third-order valence-electron chi connectivity index (χ3n) is 5.95. The van der Waals surface area contributed by atoms with Crippen LogP contribution in [-0.2, 0) is 14.3 Å². The van der Waals surface area contributed by atoms with Crippen LogP contribution in [0.25, 0.3) is 11.1 Å². The standard InChI is InChI=1S/C26H32N2O5/c1-3-9-23(25(31)27-17(2)10-8-15-24(29)30)28-26(32)33-16-22-20-13-6-4-11-18(20)19-12-5-7-14-21(19)22/h4-7,11-14,17,22-23H,3,8-10,15-16H2,1-2H3,(H,27,31)(H,28,32)(H,29,30)/t17?,23-/m0/s1. The van der Waals surface area contributed by atoms with Crippen LogP contribution in [0.1, 0.15) is 63.0 Å². The van der Waals surface area contributed by atoms with Crippen LogP contribution in [0.3, 0.4) is 0 Å². The lowest BCUT2D eigenvalue weighted by Crippen LogP contribution is -2.49. The van der Waals surface area contributed by atoms with E-state index in [4.69, 9.17) is 9.84 Å². The van der Waals surface area contributed by atoms with Crippen LogP contribution in [-0.4, -0.2) is 41.8 Å². The van der Waals surface area contributed by atoms with E-state index in [2.05, 4.69) is 34.9 Å². The smallest absolute Gasteiger partial charge is 0.407 e. The number of fused-ring (bicyclic) bond motifs is 3. The van der Waals surface area contributed by atoms with E-state index in [-0.39, 0.29) is 30.9 Å². The van der Waals surface area contributed by atoms with E-state index in [1.807, 2.05) is 38.1 Å². The molecular weight excluding hydrogens is 420 g/mol. The summed E-state index contributed by atoms with van der Waals surface area (Å²) in [4.78, 5) is 35.9. The molecule has 0 heterocycles. The molecule has 2 aromatic rings. The van der Waals surface area contributed by atoms with Crippen molar-refractivity contribution in [2.45, 2.75) is 64.0 Å². The van der Waals surface area contributed by atoms with E-state index in [1.165, 1.54) is 0 Å². The van der Waals surface area contributed by atoms with E-state index >= 15 is 0 Å². The molecule has 0 saturated carbocycles. The molecule has 176 valence electrons. The molecule has 7 heteroatoms. The number of alkyl carbamates (subject to hydrolysis) is 1. The van der Waals surface area contributed by atoms with Crippen LogP contribution in [0, 0.1) is 0 Å². The Morgan fingerprint density at radius 1 is 0.970 bits per heavy atom. The maximum atomic E-state index is 12.7. The van der Waals surface area contributed by atoms with Crippen molar-refractivity contribution in [3.05, 3.63) is 59.7 Å². The molecule has 2 amide bonds. The van der Waals surface area contributed by atoms with Crippen LogP contribution in [0.2, 0.25) is 0 Å². The predicted molar refractivity (Wildman–Crippen MR) is 126 cm³/mol. The van der Waals surface area contributed by atoms with Crippen molar-refractivity contribution in [2.75, 3.05) is 6.61 Å². The minimum absolute atomic E-state index is 0.0455. The van der Waals surface area contributed by atoms with E-state index in [9.17, 15) is 14.4 Å². The number of nitrogens with one attached hydrogen (secondary N) is 2. The maximum absolute atomic E-state index is 12.7. The molecule has 3 N–H and O–H groups in total. The van der Waals surface area contributed by atoms with Crippen LogP contribution < -0.4 is 10.6 Å². The Morgan fingerprint density at radius 2 is 1.58 bits per heavy atom. The third-order valence-corrected chi connectivity index (χ3v) is 5.95. The van der Waals surface area contributed by atoms with Gasteiger partial charge in [0.1, 0.15) is 12.6 Å². The van der Waals surface area contributed by atoms with Crippen LogP contribution in [0.5, 0.6) is 0 Å². The van der Waals surface area contributed by atoms with Gasteiger partial charge in [0, 0.05) is 18.4 Å². The average molecular weight is 453 g/mol. The fraction of sp³-hybridized carbons (Fsp3) is 0.423. The summed E-state index contributed by atoms with van der Waals surface area (Å²) in [7, 11) is 0. The molecule has 2 atom stereocenters. The zero-order valence-electron chi connectivity index (χ0n) is 19.2. The number of carboxylic acids is 1. The normalized spacial score (nSPS) is 14.0. The van der Waals surface area contributed by atoms with E-state index < -0.39 is 18.1 Å². The molecule has 0 radical (unpaired) electrons. The molecule has 0 fully saturated rings. The Labute approximate surface area is 194 Å². The van der Waals surface area contributed by atoms with Crippen LogP contribution in [0.15, 0.2) is 48.5 Å². The molecule has 0 aromatic heterocycles. The van der Waals surface area contributed by atoms with Crippen molar-refractivity contribution >= 4 is 18.0 Å². The molecule has 0 aliphatic heterocycles. The lowest BCUT2D eigenvalue weighted by molar-refractivity contribution is -0.137. The number of hydrogen-bond acceptors (Lipinski definition) is 4. The molecule has 0 bridgehead atoms. The van der Waals surface area contributed by atoms with Crippen molar-refractivity contribution in [1.29, 1.82) is 0 Å². The number of carbonyl (C=O) groups is 3. The summed E-state index contributed by atoms with van der Waals surface area (Å²) in [6.45, 7) is 3.96. The van der Waals surface area contributed by atoms with Gasteiger partial charge in [-0.25, -0.2) is 4.79 Å². The van der Waals surface area contributed by atoms with Crippen LogP contribution >= 0.6 is 0 Å². The molecule has 3 rings (SSSR count). The molecule has 2 aromatic carbocycles. The molecule has 1 aliphatic rings. The molecule has 0 spiro atoms. The third kappa shape index (κ3) is 6.34. The minimum atomic E-state index is -0.852. The topological polar surface area (TPSA) is 105 Å². The summed E-state index contributed by atoms with van der Waals surface area (Å²) in [5.41, 5.74) is 4.57. The second-order valence-corrected chi connectivity index (χ2v) is 8.51. The van der Waals surface area contributed by atoms with Gasteiger partial charge in [-0.3, -0.25) is 9.59 Å². The van der Waals surface area contributed by atoms with Gasteiger partial charge in [-0.15, -0.1) is 0 Å². The van der Waals surface area contributed by atoms with Crippen molar-refractivity contribution in [3.8, 4) is 11.1 Å². The first kappa shape index (κ1) is 24.3. The predicted octanol–water partition coefficient (Wildman–Crippen LogP) is 4.45. The second kappa shape index (κ2) is 11.5. The Morgan fingerprint density at radius 3 is 2.15 bits per heavy atom.